The van der Waals surface area contributed by atoms with Gasteiger partial charge in [-0.15, -0.1) is 0 Å². The van der Waals surface area contributed by atoms with Crippen molar-refractivity contribution in [3.05, 3.63) is 89.5 Å². The molecule has 6 nitrogen and oxygen atoms in total. The van der Waals surface area contributed by atoms with Crippen LogP contribution in [0.2, 0.25) is 0 Å². The average Bonchev–Trinajstić information content (AvgIpc) is 3.13. The number of hydrogen-bond acceptors (Lipinski definition) is 4. The van der Waals surface area contributed by atoms with Gasteiger partial charge in [0.05, 0.1) is 25.6 Å². The highest BCUT2D eigenvalue weighted by Crippen LogP contribution is 2.35. The number of benzene rings is 3. The third kappa shape index (κ3) is 4.34. The third-order valence-corrected chi connectivity index (χ3v) is 6.92. The first-order chi connectivity index (χ1) is 15.3. The molecule has 3 aromatic rings. The second-order valence-corrected chi connectivity index (χ2v) is 9.89. The van der Waals surface area contributed by atoms with Crippen LogP contribution in [-0.2, 0) is 23.0 Å². The normalized spacial score (nSPS) is 15.3. The molecule has 1 heterocycles. The van der Waals surface area contributed by atoms with Gasteiger partial charge in [0.15, 0.2) is 0 Å². The van der Waals surface area contributed by atoms with Gasteiger partial charge in [-0.1, -0.05) is 30.3 Å². The largest absolute Gasteiger partial charge is 0.497 e. The fourth-order valence-electron chi connectivity index (χ4n) is 4.21. The number of carbonyl (C=O) groups excluding carboxylic acids is 1. The lowest BCUT2D eigenvalue weighted by atomic mass is 10.1. The summed E-state index contributed by atoms with van der Waals surface area (Å²) in [4.78, 5) is 15.4. The van der Waals surface area contributed by atoms with Gasteiger partial charge in [0.1, 0.15) is 5.75 Å². The minimum atomic E-state index is -3.38. The number of sulfonamides is 1. The van der Waals surface area contributed by atoms with Crippen molar-refractivity contribution in [3.8, 4) is 5.75 Å². The minimum Gasteiger partial charge on any atom is -0.497 e. The molecule has 0 saturated carbocycles. The van der Waals surface area contributed by atoms with Gasteiger partial charge < -0.3 is 9.64 Å². The lowest BCUT2D eigenvalue weighted by Gasteiger charge is -2.24. The Kier molecular flexibility index (Phi) is 5.93. The van der Waals surface area contributed by atoms with Crippen LogP contribution in [0.1, 0.15) is 28.4 Å². The van der Waals surface area contributed by atoms with E-state index < -0.39 is 10.0 Å². The van der Waals surface area contributed by atoms with E-state index in [1.165, 1.54) is 10.6 Å². The topological polar surface area (TPSA) is 66.9 Å². The molecular weight excluding hydrogens is 424 g/mol. The SMILES string of the molecule is COc1ccc(N(Cc2ccccc2)C(=O)c2ccc3c(c2)CC(C)N3S(C)(=O)=O)cc1. The Morgan fingerprint density at radius 2 is 1.75 bits per heavy atom. The van der Waals surface area contributed by atoms with E-state index in [1.807, 2.05) is 67.6 Å². The molecule has 0 bridgehead atoms. The molecule has 1 amide bonds. The number of anilines is 2. The van der Waals surface area contributed by atoms with Crippen LogP contribution >= 0.6 is 0 Å². The van der Waals surface area contributed by atoms with Crippen molar-refractivity contribution in [1.82, 2.24) is 0 Å². The number of nitrogens with zero attached hydrogens (tertiary/aromatic N) is 2. The molecule has 0 spiro atoms. The molecular formula is C25H26N2O4S. The average molecular weight is 451 g/mol. The maximum absolute atomic E-state index is 13.6. The summed E-state index contributed by atoms with van der Waals surface area (Å²) in [6.07, 6.45) is 1.79. The quantitative estimate of drug-likeness (QED) is 0.563. The summed E-state index contributed by atoms with van der Waals surface area (Å²) < 4.78 is 31.1. The van der Waals surface area contributed by atoms with Gasteiger partial charge in [0.25, 0.3) is 5.91 Å². The number of amides is 1. The molecule has 0 aliphatic carbocycles. The molecule has 0 fully saturated rings. The number of methoxy groups -OCH3 is 1. The number of ether oxygens (including phenoxy) is 1. The zero-order valence-electron chi connectivity index (χ0n) is 18.4. The van der Waals surface area contributed by atoms with E-state index in [2.05, 4.69) is 0 Å². The van der Waals surface area contributed by atoms with Crippen molar-refractivity contribution in [2.45, 2.75) is 25.9 Å². The van der Waals surface area contributed by atoms with E-state index in [1.54, 1.807) is 24.1 Å². The molecule has 0 saturated heterocycles. The van der Waals surface area contributed by atoms with Crippen LogP contribution in [0.25, 0.3) is 0 Å². The Morgan fingerprint density at radius 1 is 1.06 bits per heavy atom. The second-order valence-electron chi connectivity index (χ2n) is 8.03. The maximum Gasteiger partial charge on any atom is 0.258 e. The van der Waals surface area contributed by atoms with Gasteiger partial charge in [-0.2, -0.15) is 0 Å². The summed E-state index contributed by atoms with van der Waals surface area (Å²) in [5.41, 5.74) is 3.80. The van der Waals surface area contributed by atoms with E-state index >= 15 is 0 Å². The summed E-state index contributed by atoms with van der Waals surface area (Å²) >= 11 is 0. The predicted octanol–water partition coefficient (Wildman–Crippen LogP) is 4.25. The van der Waals surface area contributed by atoms with E-state index in [4.69, 9.17) is 4.74 Å². The smallest absolute Gasteiger partial charge is 0.258 e. The van der Waals surface area contributed by atoms with Crippen LogP contribution in [-0.4, -0.2) is 33.7 Å². The molecule has 1 aliphatic heterocycles. The first-order valence-corrected chi connectivity index (χ1v) is 12.2. The number of hydrogen-bond donors (Lipinski definition) is 0. The molecule has 0 N–H and O–H groups in total. The van der Waals surface area contributed by atoms with Gasteiger partial charge in [0.2, 0.25) is 10.0 Å². The molecule has 1 unspecified atom stereocenters. The van der Waals surface area contributed by atoms with E-state index in [0.717, 1.165) is 16.8 Å². The highest BCUT2D eigenvalue weighted by atomic mass is 32.2. The number of carbonyl (C=O) groups is 1. The van der Waals surface area contributed by atoms with Crippen molar-refractivity contribution < 1.29 is 17.9 Å². The molecule has 1 atom stereocenters. The number of rotatable bonds is 6. The molecule has 7 heteroatoms. The van der Waals surface area contributed by atoms with Crippen molar-refractivity contribution >= 4 is 27.3 Å². The Hall–Kier alpha value is -3.32. The molecule has 4 rings (SSSR count). The van der Waals surface area contributed by atoms with Crippen LogP contribution < -0.4 is 13.9 Å². The number of fused-ring (bicyclic) bond motifs is 1. The maximum atomic E-state index is 13.6. The van der Waals surface area contributed by atoms with Crippen LogP contribution in [0.15, 0.2) is 72.8 Å². The van der Waals surface area contributed by atoms with Gasteiger partial charge in [0, 0.05) is 17.3 Å². The Balaban J connectivity index is 1.70. The Labute approximate surface area is 189 Å². The Bertz CT molecular complexity index is 1220. The fourth-order valence-corrected chi connectivity index (χ4v) is 5.47. The lowest BCUT2D eigenvalue weighted by Crippen LogP contribution is -2.34. The first-order valence-electron chi connectivity index (χ1n) is 10.4. The van der Waals surface area contributed by atoms with Crippen molar-refractivity contribution in [1.29, 1.82) is 0 Å². The molecule has 0 aromatic heterocycles. The lowest BCUT2D eigenvalue weighted by molar-refractivity contribution is 0.0985. The third-order valence-electron chi connectivity index (χ3n) is 5.65. The second kappa shape index (κ2) is 8.67. The summed E-state index contributed by atoms with van der Waals surface area (Å²) in [7, 11) is -1.77. The van der Waals surface area contributed by atoms with Crippen molar-refractivity contribution in [2.24, 2.45) is 0 Å². The summed E-state index contributed by atoms with van der Waals surface area (Å²) in [5.74, 6) is 0.570. The minimum absolute atomic E-state index is 0.146. The predicted molar refractivity (Wildman–Crippen MR) is 127 cm³/mol. The molecule has 0 radical (unpaired) electrons. The van der Waals surface area contributed by atoms with Crippen LogP contribution in [0.5, 0.6) is 5.75 Å². The van der Waals surface area contributed by atoms with Crippen molar-refractivity contribution in [3.63, 3.8) is 0 Å². The van der Waals surface area contributed by atoms with Gasteiger partial charge in [-0.05, 0) is 66.9 Å². The van der Waals surface area contributed by atoms with Crippen LogP contribution in [0.3, 0.4) is 0 Å². The van der Waals surface area contributed by atoms with Gasteiger partial charge in [-0.25, -0.2) is 8.42 Å². The highest BCUT2D eigenvalue weighted by molar-refractivity contribution is 7.92. The van der Waals surface area contributed by atoms with Gasteiger partial charge in [-0.3, -0.25) is 9.10 Å². The first kappa shape index (κ1) is 21.9. The van der Waals surface area contributed by atoms with E-state index in [9.17, 15) is 13.2 Å². The molecule has 1 aliphatic rings. The summed E-state index contributed by atoms with van der Waals surface area (Å²) in [6, 6.07) is 22.3. The fraction of sp³-hybridized carbons (Fsp3) is 0.240. The highest BCUT2D eigenvalue weighted by Gasteiger charge is 2.33. The molecule has 3 aromatic carbocycles. The molecule has 32 heavy (non-hydrogen) atoms. The standard InChI is InChI=1S/C25H26N2O4S/c1-18-15-21-16-20(9-14-24(21)27(18)32(3,29)30)25(28)26(17-19-7-5-4-6-8-19)22-10-12-23(31-2)13-11-22/h4-14,16,18H,15,17H2,1-3H3. The Morgan fingerprint density at radius 3 is 2.38 bits per heavy atom. The van der Waals surface area contributed by atoms with Crippen LogP contribution in [0.4, 0.5) is 11.4 Å². The van der Waals surface area contributed by atoms with E-state index in [-0.39, 0.29) is 11.9 Å². The van der Waals surface area contributed by atoms with Crippen LogP contribution in [0, 0.1) is 0 Å². The summed E-state index contributed by atoms with van der Waals surface area (Å²) in [6.45, 7) is 2.29. The summed E-state index contributed by atoms with van der Waals surface area (Å²) in [5, 5.41) is 0. The zero-order chi connectivity index (χ0) is 22.9. The monoisotopic (exact) mass is 450 g/mol. The molecule has 166 valence electrons. The van der Waals surface area contributed by atoms with Gasteiger partial charge >= 0.3 is 0 Å². The van der Waals surface area contributed by atoms with Crippen molar-refractivity contribution in [2.75, 3.05) is 22.6 Å². The van der Waals surface area contributed by atoms with E-state index in [0.29, 0.717) is 30.0 Å². The zero-order valence-corrected chi connectivity index (χ0v) is 19.2.